The first kappa shape index (κ1) is 14.4. The van der Waals surface area contributed by atoms with Crippen LogP contribution in [-0.4, -0.2) is 43.1 Å². The predicted molar refractivity (Wildman–Crippen MR) is 69.3 cm³/mol. The van der Waals surface area contributed by atoms with E-state index >= 15 is 0 Å². The van der Waals surface area contributed by atoms with E-state index in [1.165, 1.54) is 12.1 Å². The van der Waals surface area contributed by atoms with Gasteiger partial charge >= 0.3 is 6.03 Å². The zero-order valence-electron chi connectivity index (χ0n) is 10.8. The molecule has 0 aliphatic carbocycles. The summed E-state index contributed by atoms with van der Waals surface area (Å²) in [5.74, 6) is -0.750. The van der Waals surface area contributed by atoms with Gasteiger partial charge in [0.2, 0.25) is 5.91 Å². The second-order valence-corrected chi connectivity index (χ2v) is 4.56. The average Bonchev–Trinajstić information content (AvgIpc) is 2.38. The van der Waals surface area contributed by atoms with Gasteiger partial charge in [0.15, 0.2) is 0 Å². The topological polar surface area (TPSA) is 84.7 Å². The average molecular weight is 281 g/mol. The highest BCUT2D eigenvalue weighted by Crippen LogP contribution is 2.22. The first-order valence-corrected chi connectivity index (χ1v) is 6.23. The minimum Gasteiger partial charge on any atom is -0.371 e. The Labute approximate surface area is 115 Å². The van der Waals surface area contributed by atoms with Crippen LogP contribution in [0.4, 0.5) is 9.18 Å². The number of urea groups is 1. The summed E-state index contributed by atoms with van der Waals surface area (Å²) < 4.78 is 18.5. The van der Waals surface area contributed by atoms with Crippen LogP contribution in [0.5, 0.6) is 0 Å². The van der Waals surface area contributed by atoms with Gasteiger partial charge in [-0.25, -0.2) is 9.18 Å². The van der Waals surface area contributed by atoms with E-state index in [2.05, 4.69) is 0 Å². The van der Waals surface area contributed by atoms with Crippen molar-refractivity contribution in [1.82, 2.24) is 10.2 Å². The fraction of sp³-hybridized carbons (Fsp3) is 0.385. The Hall–Kier alpha value is -1.99. The number of imide groups is 1. The zero-order valence-corrected chi connectivity index (χ0v) is 10.8. The monoisotopic (exact) mass is 281 g/mol. The van der Waals surface area contributed by atoms with Crippen molar-refractivity contribution in [1.29, 1.82) is 0 Å². The van der Waals surface area contributed by atoms with Gasteiger partial charge in [0.1, 0.15) is 5.82 Å². The van der Waals surface area contributed by atoms with E-state index in [1.54, 1.807) is 12.1 Å². The van der Waals surface area contributed by atoms with Crippen LogP contribution in [0.2, 0.25) is 0 Å². The number of benzene rings is 1. The van der Waals surface area contributed by atoms with Crippen LogP contribution in [0, 0.1) is 5.82 Å². The molecule has 3 amide bonds. The number of amides is 3. The van der Waals surface area contributed by atoms with Crippen molar-refractivity contribution in [2.45, 2.75) is 6.10 Å². The number of morpholine rings is 1. The summed E-state index contributed by atoms with van der Waals surface area (Å²) in [6.45, 7) is 1.62. The molecule has 1 fully saturated rings. The van der Waals surface area contributed by atoms with Gasteiger partial charge in [-0.3, -0.25) is 15.0 Å². The molecule has 20 heavy (non-hydrogen) atoms. The standard InChI is InChI=1S/C13H16FN3O3/c14-10-3-1-9(2-4-10)11-7-17(5-6-20-11)8-12(18)16-13(15)19/h1-4,11H,5-8H2,(H3,15,16,18,19). The molecule has 0 radical (unpaired) electrons. The number of halogens is 1. The van der Waals surface area contributed by atoms with Crippen LogP contribution in [0.15, 0.2) is 24.3 Å². The Morgan fingerprint density at radius 2 is 2.10 bits per heavy atom. The highest BCUT2D eigenvalue weighted by Gasteiger charge is 2.23. The fourth-order valence-corrected chi connectivity index (χ4v) is 2.11. The fourth-order valence-electron chi connectivity index (χ4n) is 2.11. The van der Waals surface area contributed by atoms with Crippen LogP contribution in [0.1, 0.15) is 11.7 Å². The molecule has 108 valence electrons. The first-order valence-electron chi connectivity index (χ1n) is 6.23. The number of hydrogen-bond acceptors (Lipinski definition) is 4. The molecule has 1 aliphatic rings. The number of primary amides is 1. The van der Waals surface area contributed by atoms with E-state index in [-0.39, 0.29) is 18.5 Å². The summed E-state index contributed by atoms with van der Waals surface area (Å²) >= 11 is 0. The summed E-state index contributed by atoms with van der Waals surface area (Å²) in [5, 5.41) is 2.02. The van der Waals surface area contributed by atoms with Crippen molar-refractivity contribution in [3.05, 3.63) is 35.6 Å². The second kappa shape index (κ2) is 6.44. The third-order valence-corrected chi connectivity index (χ3v) is 3.02. The van der Waals surface area contributed by atoms with Crippen LogP contribution in [0.25, 0.3) is 0 Å². The highest BCUT2D eigenvalue weighted by molar-refractivity contribution is 5.94. The molecule has 0 bridgehead atoms. The Balaban J connectivity index is 1.93. The summed E-state index contributed by atoms with van der Waals surface area (Å²) in [6.07, 6.45) is -0.217. The van der Waals surface area contributed by atoms with Gasteiger partial charge < -0.3 is 10.5 Å². The van der Waals surface area contributed by atoms with Crippen molar-refractivity contribution in [3.8, 4) is 0 Å². The minimum absolute atomic E-state index is 0.0734. The SMILES string of the molecule is NC(=O)NC(=O)CN1CCOC(c2ccc(F)cc2)C1. The lowest BCUT2D eigenvalue weighted by atomic mass is 10.1. The summed E-state index contributed by atoms with van der Waals surface area (Å²) in [6, 6.07) is 5.20. The maximum atomic E-state index is 12.9. The normalized spacial score (nSPS) is 19.6. The molecule has 1 aromatic carbocycles. The number of ether oxygens (including phenoxy) is 1. The maximum absolute atomic E-state index is 12.9. The predicted octanol–water partition coefficient (Wildman–Crippen LogP) is 0.394. The van der Waals surface area contributed by atoms with Gasteiger partial charge in [-0.1, -0.05) is 12.1 Å². The van der Waals surface area contributed by atoms with Crippen molar-refractivity contribution < 1.29 is 18.7 Å². The molecule has 1 saturated heterocycles. The Bertz CT molecular complexity index is 492. The Kier molecular flexibility index (Phi) is 4.65. The van der Waals surface area contributed by atoms with Crippen LogP contribution in [-0.2, 0) is 9.53 Å². The lowest BCUT2D eigenvalue weighted by Crippen LogP contribution is -2.46. The van der Waals surface area contributed by atoms with Crippen molar-refractivity contribution in [2.75, 3.05) is 26.2 Å². The molecule has 1 atom stereocenters. The van der Waals surface area contributed by atoms with E-state index in [9.17, 15) is 14.0 Å². The molecular formula is C13H16FN3O3. The minimum atomic E-state index is -0.863. The van der Waals surface area contributed by atoms with Gasteiger partial charge in [-0.2, -0.15) is 0 Å². The van der Waals surface area contributed by atoms with Gasteiger partial charge in [-0.05, 0) is 17.7 Å². The number of rotatable bonds is 3. The van der Waals surface area contributed by atoms with Crippen LogP contribution >= 0.6 is 0 Å². The van der Waals surface area contributed by atoms with Gasteiger partial charge in [0, 0.05) is 13.1 Å². The third-order valence-electron chi connectivity index (χ3n) is 3.02. The van der Waals surface area contributed by atoms with Crippen molar-refractivity contribution >= 4 is 11.9 Å². The molecule has 1 aliphatic heterocycles. The molecule has 0 aromatic heterocycles. The largest absolute Gasteiger partial charge is 0.371 e. The second-order valence-electron chi connectivity index (χ2n) is 4.56. The number of carbonyl (C=O) groups excluding carboxylic acids is 2. The van der Waals surface area contributed by atoms with Crippen LogP contribution in [0.3, 0.4) is 0 Å². The van der Waals surface area contributed by atoms with E-state index in [0.29, 0.717) is 19.7 Å². The van der Waals surface area contributed by atoms with Crippen molar-refractivity contribution in [3.63, 3.8) is 0 Å². The molecule has 0 spiro atoms. The first-order chi connectivity index (χ1) is 9.54. The molecule has 2 rings (SSSR count). The number of nitrogens with zero attached hydrogens (tertiary/aromatic N) is 1. The lowest BCUT2D eigenvalue weighted by molar-refractivity contribution is -0.123. The quantitative estimate of drug-likeness (QED) is 0.839. The maximum Gasteiger partial charge on any atom is 0.318 e. The van der Waals surface area contributed by atoms with Gasteiger partial charge in [0.25, 0.3) is 0 Å². The van der Waals surface area contributed by atoms with Gasteiger partial charge in [-0.15, -0.1) is 0 Å². The number of nitrogens with one attached hydrogen (secondary N) is 1. The molecule has 6 nitrogen and oxygen atoms in total. The van der Waals surface area contributed by atoms with Gasteiger partial charge in [0.05, 0.1) is 19.3 Å². The number of hydrogen-bond donors (Lipinski definition) is 2. The van der Waals surface area contributed by atoms with Crippen molar-refractivity contribution in [2.24, 2.45) is 5.73 Å². The smallest absolute Gasteiger partial charge is 0.318 e. The molecular weight excluding hydrogens is 265 g/mol. The molecule has 1 unspecified atom stereocenters. The highest BCUT2D eigenvalue weighted by atomic mass is 19.1. The zero-order chi connectivity index (χ0) is 14.5. The lowest BCUT2D eigenvalue weighted by Gasteiger charge is -2.32. The van der Waals surface area contributed by atoms with Crippen LogP contribution < -0.4 is 11.1 Å². The van der Waals surface area contributed by atoms with E-state index in [1.807, 2.05) is 10.2 Å². The Morgan fingerprint density at radius 1 is 1.40 bits per heavy atom. The Morgan fingerprint density at radius 3 is 2.75 bits per heavy atom. The van der Waals surface area contributed by atoms with E-state index in [4.69, 9.17) is 10.5 Å². The van der Waals surface area contributed by atoms with E-state index < -0.39 is 11.9 Å². The summed E-state index contributed by atoms with van der Waals surface area (Å²) in [4.78, 5) is 23.9. The summed E-state index contributed by atoms with van der Waals surface area (Å²) in [7, 11) is 0. The third kappa shape index (κ3) is 4.01. The molecule has 1 heterocycles. The summed E-state index contributed by atoms with van der Waals surface area (Å²) in [5.41, 5.74) is 5.73. The number of nitrogens with two attached hydrogens (primary N) is 1. The molecule has 0 saturated carbocycles. The molecule has 7 heteroatoms. The molecule has 3 N–H and O–H groups in total. The number of carbonyl (C=O) groups is 2. The van der Waals surface area contributed by atoms with E-state index in [0.717, 1.165) is 5.56 Å². The molecule has 1 aromatic rings.